The average molecular weight is 257 g/mol. The summed E-state index contributed by atoms with van der Waals surface area (Å²) in [6, 6.07) is 5.26. The summed E-state index contributed by atoms with van der Waals surface area (Å²) >= 11 is 10.2. The number of hydrogen-bond acceptors (Lipinski definition) is 3. The molecule has 1 aromatic carbocycles. The second-order valence-corrected chi connectivity index (χ2v) is 4.63. The molecule has 1 amide bonds. The number of halogens is 1. The van der Waals surface area contributed by atoms with Gasteiger partial charge in [-0.05, 0) is 24.6 Å². The van der Waals surface area contributed by atoms with Gasteiger partial charge in [0.25, 0.3) is 5.91 Å². The zero-order valence-corrected chi connectivity index (χ0v) is 10.6. The van der Waals surface area contributed by atoms with E-state index in [4.69, 9.17) is 11.6 Å². The maximum atomic E-state index is 12.1. The van der Waals surface area contributed by atoms with Crippen molar-refractivity contribution in [2.24, 2.45) is 0 Å². The number of thiol groups is 1. The molecule has 1 atom stereocenters. The SMILES string of the molecule is CCCN1C(=O)c2cc(Cl)ccc2NC1S. The maximum Gasteiger partial charge on any atom is 0.258 e. The summed E-state index contributed by atoms with van der Waals surface area (Å²) in [6.07, 6.45) is 0.903. The summed E-state index contributed by atoms with van der Waals surface area (Å²) in [5.74, 6) is -0.0156. The van der Waals surface area contributed by atoms with Gasteiger partial charge in [-0.25, -0.2) is 0 Å². The van der Waals surface area contributed by atoms with E-state index in [1.54, 1.807) is 17.0 Å². The highest BCUT2D eigenvalue weighted by Crippen LogP contribution is 2.28. The Labute approximate surface area is 105 Å². The monoisotopic (exact) mass is 256 g/mol. The number of carbonyl (C=O) groups excluding carboxylic acids is 1. The van der Waals surface area contributed by atoms with Gasteiger partial charge in [0.05, 0.1) is 5.56 Å². The lowest BCUT2D eigenvalue weighted by atomic mass is 10.1. The molecule has 5 heteroatoms. The van der Waals surface area contributed by atoms with Gasteiger partial charge in [-0.3, -0.25) is 4.79 Å². The van der Waals surface area contributed by atoms with Crippen LogP contribution in [0.25, 0.3) is 0 Å². The quantitative estimate of drug-likeness (QED) is 0.798. The van der Waals surface area contributed by atoms with E-state index in [9.17, 15) is 4.79 Å². The number of anilines is 1. The first kappa shape index (κ1) is 11.6. The van der Waals surface area contributed by atoms with Crippen molar-refractivity contribution in [1.82, 2.24) is 4.90 Å². The molecule has 1 aliphatic rings. The van der Waals surface area contributed by atoms with Crippen LogP contribution in [0.5, 0.6) is 0 Å². The van der Waals surface area contributed by atoms with Gasteiger partial charge in [0.2, 0.25) is 0 Å². The van der Waals surface area contributed by atoms with Gasteiger partial charge in [-0.1, -0.05) is 18.5 Å². The van der Waals surface area contributed by atoms with E-state index in [0.717, 1.165) is 12.1 Å². The first-order valence-electron chi connectivity index (χ1n) is 5.18. The highest BCUT2D eigenvalue weighted by Gasteiger charge is 2.29. The summed E-state index contributed by atoms with van der Waals surface area (Å²) in [7, 11) is 0. The molecule has 0 aromatic heterocycles. The van der Waals surface area contributed by atoms with Gasteiger partial charge in [-0.15, -0.1) is 12.6 Å². The van der Waals surface area contributed by atoms with Crippen LogP contribution in [0.15, 0.2) is 18.2 Å². The van der Waals surface area contributed by atoms with Crippen molar-refractivity contribution in [3.63, 3.8) is 0 Å². The van der Waals surface area contributed by atoms with Crippen LogP contribution in [0, 0.1) is 0 Å². The fourth-order valence-electron chi connectivity index (χ4n) is 1.77. The molecule has 0 saturated heterocycles. The van der Waals surface area contributed by atoms with E-state index in [2.05, 4.69) is 17.9 Å². The lowest BCUT2D eigenvalue weighted by molar-refractivity contribution is 0.0741. The van der Waals surface area contributed by atoms with E-state index in [-0.39, 0.29) is 11.4 Å². The normalized spacial score (nSPS) is 19.3. The van der Waals surface area contributed by atoms with Crippen molar-refractivity contribution in [1.29, 1.82) is 0 Å². The van der Waals surface area contributed by atoms with Gasteiger partial charge in [0.1, 0.15) is 5.50 Å². The molecule has 0 aliphatic carbocycles. The Morgan fingerprint density at radius 2 is 2.31 bits per heavy atom. The Kier molecular flexibility index (Phi) is 3.30. The van der Waals surface area contributed by atoms with E-state index < -0.39 is 0 Å². The molecule has 1 N–H and O–H groups in total. The summed E-state index contributed by atoms with van der Waals surface area (Å²) in [6.45, 7) is 2.72. The Morgan fingerprint density at radius 3 is 3.00 bits per heavy atom. The third-order valence-electron chi connectivity index (χ3n) is 2.52. The molecule has 0 fully saturated rings. The Bertz CT molecular complexity index is 424. The maximum absolute atomic E-state index is 12.1. The smallest absolute Gasteiger partial charge is 0.258 e. The van der Waals surface area contributed by atoms with E-state index in [1.165, 1.54) is 0 Å². The van der Waals surface area contributed by atoms with E-state index in [0.29, 0.717) is 17.1 Å². The predicted molar refractivity (Wildman–Crippen MR) is 69.2 cm³/mol. The number of hydrogen-bond donors (Lipinski definition) is 2. The molecule has 0 saturated carbocycles. The van der Waals surface area contributed by atoms with Gasteiger partial charge < -0.3 is 10.2 Å². The number of nitrogens with one attached hydrogen (secondary N) is 1. The van der Waals surface area contributed by atoms with Crippen LogP contribution in [-0.2, 0) is 0 Å². The summed E-state index contributed by atoms with van der Waals surface area (Å²) < 4.78 is 0. The highest BCUT2D eigenvalue weighted by molar-refractivity contribution is 7.81. The van der Waals surface area contributed by atoms with Crippen molar-refractivity contribution in [2.45, 2.75) is 18.8 Å². The van der Waals surface area contributed by atoms with Crippen molar-refractivity contribution in [3.05, 3.63) is 28.8 Å². The van der Waals surface area contributed by atoms with Crippen LogP contribution in [0.4, 0.5) is 5.69 Å². The molecule has 86 valence electrons. The molecular weight excluding hydrogens is 244 g/mol. The van der Waals surface area contributed by atoms with Gasteiger partial charge in [-0.2, -0.15) is 0 Å². The molecule has 0 bridgehead atoms. The third-order valence-corrected chi connectivity index (χ3v) is 3.16. The molecule has 1 unspecified atom stereocenters. The Balaban J connectivity index is 2.38. The van der Waals surface area contributed by atoms with Gasteiger partial charge >= 0.3 is 0 Å². The minimum absolute atomic E-state index is 0.0156. The standard InChI is InChI=1S/C11H13ClN2OS/c1-2-5-14-10(15)8-6-7(12)3-4-9(8)13-11(14)16/h3-4,6,11,13,16H,2,5H2,1H3. The van der Waals surface area contributed by atoms with Crippen LogP contribution in [0.1, 0.15) is 23.7 Å². The van der Waals surface area contributed by atoms with Crippen LogP contribution < -0.4 is 5.32 Å². The molecule has 2 rings (SSSR count). The van der Waals surface area contributed by atoms with E-state index >= 15 is 0 Å². The average Bonchev–Trinajstić information content (AvgIpc) is 2.26. The second kappa shape index (κ2) is 4.55. The van der Waals surface area contributed by atoms with Gasteiger partial charge in [0.15, 0.2) is 0 Å². The zero-order chi connectivity index (χ0) is 11.7. The fourth-order valence-corrected chi connectivity index (χ4v) is 2.30. The number of amides is 1. The molecule has 0 radical (unpaired) electrons. The number of rotatable bonds is 2. The Hall–Kier alpha value is -0.870. The molecule has 16 heavy (non-hydrogen) atoms. The van der Waals surface area contributed by atoms with Crippen molar-refractivity contribution >= 4 is 35.8 Å². The van der Waals surface area contributed by atoms with Crippen molar-refractivity contribution in [2.75, 3.05) is 11.9 Å². The number of benzene rings is 1. The first-order chi connectivity index (χ1) is 7.63. The van der Waals surface area contributed by atoms with Crippen molar-refractivity contribution < 1.29 is 4.79 Å². The highest BCUT2D eigenvalue weighted by atomic mass is 35.5. The molecule has 3 nitrogen and oxygen atoms in total. The molecule has 1 aliphatic heterocycles. The zero-order valence-electron chi connectivity index (χ0n) is 8.90. The topological polar surface area (TPSA) is 32.3 Å². The number of nitrogens with zero attached hydrogens (tertiary/aromatic N) is 1. The summed E-state index contributed by atoms with van der Waals surface area (Å²) in [5, 5.41) is 3.74. The summed E-state index contributed by atoms with van der Waals surface area (Å²) in [4.78, 5) is 13.8. The molecule has 1 aromatic rings. The van der Waals surface area contributed by atoms with Gasteiger partial charge in [0, 0.05) is 17.3 Å². The molecule has 1 heterocycles. The van der Waals surface area contributed by atoms with Crippen LogP contribution in [0.2, 0.25) is 5.02 Å². The van der Waals surface area contributed by atoms with Crippen molar-refractivity contribution in [3.8, 4) is 0 Å². The second-order valence-electron chi connectivity index (χ2n) is 3.71. The number of carbonyl (C=O) groups is 1. The van der Waals surface area contributed by atoms with Crippen LogP contribution in [-0.4, -0.2) is 22.8 Å². The lowest BCUT2D eigenvalue weighted by Gasteiger charge is -2.34. The predicted octanol–water partition coefficient (Wildman–Crippen LogP) is 2.83. The lowest BCUT2D eigenvalue weighted by Crippen LogP contribution is -2.46. The largest absolute Gasteiger partial charge is 0.356 e. The minimum Gasteiger partial charge on any atom is -0.356 e. The van der Waals surface area contributed by atoms with Crippen LogP contribution in [0.3, 0.4) is 0 Å². The minimum atomic E-state index is -0.263. The van der Waals surface area contributed by atoms with Crippen LogP contribution >= 0.6 is 24.2 Å². The first-order valence-corrected chi connectivity index (χ1v) is 6.08. The van der Waals surface area contributed by atoms with E-state index in [1.807, 2.05) is 13.0 Å². The third kappa shape index (κ3) is 1.99. The Morgan fingerprint density at radius 1 is 1.56 bits per heavy atom. The molecule has 0 spiro atoms. The fraction of sp³-hybridized carbons (Fsp3) is 0.364. The number of fused-ring (bicyclic) bond motifs is 1. The summed E-state index contributed by atoms with van der Waals surface area (Å²) in [5.41, 5.74) is 1.15. The molecular formula is C11H13ClN2OS.